The number of hydrogen-bond donors (Lipinski definition) is 0. The molecular formula is C13H13F5N2. The Morgan fingerprint density at radius 2 is 1.70 bits per heavy atom. The monoisotopic (exact) mass is 292 g/mol. The summed E-state index contributed by atoms with van der Waals surface area (Å²) in [5.41, 5.74) is -1.67. The molecule has 20 heavy (non-hydrogen) atoms. The van der Waals surface area contributed by atoms with Crippen LogP contribution in [0.5, 0.6) is 0 Å². The van der Waals surface area contributed by atoms with Crippen molar-refractivity contribution in [2.45, 2.75) is 31.4 Å². The van der Waals surface area contributed by atoms with Gasteiger partial charge in [0.2, 0.25) is 0 Å². The summed E-state index contributed by atoms with van der Waals surface area (Å²) in [7, 11) is 0. The molecule has 2 nitrogen and oxygen atoms in total. The molecule has 2 aliphatic rings. The van der Waals surface area contributed by atoms with Gasteiger partial charge in [-0.25, -0.2) is 13.8 Å². The van der Waals surface area contributed by atoms with Gasteiger partial charge in [0.15, 0.2) is 0 Å². The lowest BCUT2D eigenvalue weighted by Crippen LogP contribution is -2.37. The molecule has 7 heteroatoms. The van der Waals surface area contributed by atoms with Crippen LogP contribution in [0.15, 0.2) is 18.3 Å². The zero-order valence-corrected chi connectivity index (χ0v) is 10.6. The van der Waals surface area contributed by atoms with E-state index < -0.39 is 23.1 Å². The maximum Gasteiger partial charge on any atom is 0.417 e. The molecule has 2 heterocycles. The van der Waals surface area contributed by atoms with Gasteiger partial charge in [-0.05, 0) is 25.0 Å². The molecule has 0 aromatic carbocycles. The Hall–Kier alpha value is -1.40. The van der Waals surface area contributed by atoms with Crippen molar-refractivity contribution in [2.75, 3.05) is 18.0 Å². The van der Waals surface area contributed by atoms with Crippen LogP contribution < -0.4 is 4.90 Å². The van der Waals surface area contributed by atoms with Gasteiger partial charge in [0.1, 0.15) is 5.82 Å². The van der Waals surface area contributed by atoms with E-state index in [1.54, 1.807) is 4.90 Å². The highest BCUT2D eigenvalue weighted by Gasteiger charge is 2.70. The predicted octanol–water partition coefficient (Wildman–Crippen LogP) is 3.73. The fraction of sp³-hybridized carbons (Fsp3) is 0.615. The van der Waals surface area contributed by atoms with Crippen molar-refractivity contribution in [1.82, 2.24) is 4.98 Å². The van der Waals surface area contributed by atoms with Gasteiger partial charge in [0, 0.05) is 31.1 Å². The van der Waals surface area contributed by atoms with Gasteiger partial charge in [-0.3, -0.25) is 0 Å². The summed E-state index contributed by atoms with van der Waals surface area (Å²) in [5, 5.41) is 0. The van der Waals surface area contributed by atoms with Gasteiger partial charge >= 0.3 is 6.18 Å². The summed E-state index contributed by atoms with van der Waals surface area (Å²) in [6, 6.07) is 2.27. The molecule has 0 radical (unpaired) electrons. The second-order valence-corrected chi connectivity index (χ2v) is 5.55. The number of anilines is 1. The van der Waals surface area contributed by atoms with E-state index in [4.69, 9.17) is 0 Å². The van der Waals surface area contributed by atoms with Crippen LogP contribution in [0.3, 0.4) is 0 Å². The first-order valence-corrected chi connectivity index (χ1v) is 6.40. The summed E-state index contributed by atoms with van der Waals surface area (Å²) in [4.78, 5) is 5.56. The fourth-order valence-corrected chi connectivity index (χ4v) is 2.83. The van der Waals surface area contributed by atoms with Crippen LogP contribution in [0, 0.1) is 5.41 Å². The zero-order valence-electron chi connectivity index (χ0n) is 10.6. The Balaban J connectivity index is 1.67. The van der Waals surface area contributed by atoms with E-state index in [2.05, 4.69) is 4.98 Å². The first-order chi connectivity index (χ1) is 9.24. The standard InChI is InChI=1S/C13H13F5N2/c14-12(15)8-11(12)3-5-20(6-4-11)10-2-1-9(7-19-10)13(16,17)18/h1-2,7H,3-6,8H2. The van der Waals surface area contributed by atoms with E-state index in [1.165, 1.54) is 6.07 Å². The summed E-state index contributed by atoms with van der Waals surface area (Å²) in [6.45, 7) is 0.821. The van der Waals surface area contributed by atoms with E-state index in [1.807, 2.05) is 0 Å². The normalized spacial score (nSPS) is 23.9. The van der Waals surface area contributed by atoms with Gasteiger partial charge in [-0.2, -0.15) is 13.2 Å². The van der Waals surface area contributed by atoms with Crippen LogP contribution in [0.2, 0.25) is 0 Å². The number of aromatic nitrogens is 1. The van der Waals surface area contributed by atoms with Crippen molar-refractivity contribution < 1.29 is 22.0 Å². The molecule has 0 atom stereocenters. The predicted molar refractivity (Wildman–Crippen MR) is 62.7 cm³/mol. The number of alkyl halides is 5. The molecule has 0 bridgehead atoms. The maximum absolute atomic E-state index is 13.2. The number of piperidine rings is 1. The third kappa shape index (κ3) is 2.13. The van der Waals surface area contributed by atoms with E-state index in [0.717, 1.165) is 12.3 Å². The third-order valence-corrected chi connectivity index (χ3v) is 4.33. The van der Waals surface area contributed by atoms with Crippen molar-refractivity contribution in [3.05, 3.63) is 23.9 Å². The summed E-state index contributed by atoms with van der Waals surface area (Å²) in [5.74, 6) is -2.15. The summed E-state index contributed by atoms with van der Waals surface area (Å²) in [6.07, 6.45) is -2.96. The van der Waals surface area contributed by atoms with Gasteiger partial charge in [-0.1, -0.05) is 0 Å². The molecule has 1 saturated carbocycles. The SMILES string of the molecule is FC(F)(F)c1ccc(N2CCC3(CC2)CC3(F)F)nc1. The molecule has 1 spiro atoms. The fourth-order valence-electron chi connectivity index (χ4n) is 2.83. The molecule has 0 unspecified atom stereocenters. The van der Waals surface area contributed by atoms with Gasteiger partial charge < -0.3 is 4.90 Å². The Kier molecular flexibility index (Phi) is 2.75. The number of pyridine rings is 1. The number of nitrogens with zero attached hydrogens (tertiary/aromatic N) is 2. The lowest BCUT2D eigenvalue weighted by molar-refractivity contribution is -0.137. The van der Waals surface area contributed by atoms with E-state index >= 15 is 0 Å². The number of halogens is 5. The van der Waals surface area contributed by atoms with E-state index in [0.29, 0.717) is 31.7 Å². The molecule has 1 saturated heterocycles. The van der Waals surface area contributed by atoms with Crippen LogP contribution in [0.25, 0.3) is 0 Å². The van der Waals surface area contributed by atoms with E-state index in [-0.39, 0.29) is 6.42 Å². The van der Waals surface area contributed by atoms with Crippen molar-refractivity contribution in [1.29, 1.82) is 0 Å². The van der Waals surface area contributed by atoms with Crippen LogP contribution in [0.1, 0.15) is 24.8 Å². The Morgan fingerprint density at radius 3 is 2.10 bits per heavy atom. The Morgan fingerprint density at radius 1 is 1.10 bits per heavy atom. The third-order valence-electron chi connectivity index (χ3n) is 4.33. The topological polar surface area (TPSA) is 16.1 Å². The van der Waals surface area contributed by atoms with Crippen molar-refractivity contribution in [3.8, 4) is 0 Å². The molecule has 1 aliphatic heterocycles. The molecule has 110 valence electrons. The molecule has 0 N–H and O–H groups in total. The number of rotatable bonds is 1. The maximum atomic E-state index is 13.2. The summed E-state index contributed by atoms with van der Waals surface area (Å²) < 4.78 is 63.7. The largest absolute Gasteiger partial charge is 0.417 e. The molecular weight excluding hydrogens is 279 g/mol. The first-order valence-electron chi connectivity index (χ1n) is 6.40. The van der Waals surface area contributed by atoms with Crippen LogP contribution in [0.4, 0.5) is 27.8 Å². The highest BCUT2D eigenvalue weighted by atomic mass is 19.4. The van der Waals surface area contributed by atoms with Crippen LogP contribution in [-0.4, -0.2) is 24.0 Å². The molecule has 3 rings (SSSR count). The van der Waals surface area contributed by atoms with Gasteiger partial charge in [0.05, 0.1) is 5.56 Å². The smallest absolute Gasteiger partial charge is 0.357 e. The first kappa shape index (κ1) is 13.6. The van der Waals surface area contributed by atoms with E-state index in [9.17, 15) is 22.0 Å². The molecule has 0 amide bonds. The van der Waals surface area contributed by atoms with Crippen LogP contribution >= 0.6 is 0 Å². The highest BCUT2D eigenvalue weighted by molar-refractivity contribution is 5.41. The minimum Gasteiger partial charge on any atom is -0.357 e. The molecule has 2 fully saturated rings. The molecule has 1 aliphatic carbocycles. The van der Waals surface area contributed by atoms with Gasteiger partial charge in [-0.15, -0.1) is 0 Å². The minimum absolute atomic E-state index is 0.0612. The van der Waals surface area contributed by atoms with Crippen LogP contribution in [-0.2, 0) is 6.18 Å². The highest BCUT2D eigenvalue weighted by Crippen LogP contribution is 2.65. The second-order valence-electron chi connectivity index (χ2n) is 5.55. The van der Waals surface area contributed by atoms with Crippen molar-refractivity contribution in [2.24, 2.45) is 5.41 Å². The lowest BCUT2D eigenvalue weighted by atomic mass is 9.93. The Bertz CT molecular complexity index is 500. The van der Waals surface area contributed by atoms with Crippen molar-refractivity contribution in [3.63, 3.8) is 0 Å². The molecule has 1 aromatic heterocycles. The quantitative estimate of drug-likeness (QED) is 0.733. The van der Waals surface area contributed by atoms with Crippen molar-refractivity contribution >= 4 is 5.82 Å². The Labute approximate surface area is 112 Å². The second kappa shape index (κ2) is 4.05. The average Bonchev–Trinajstić information content (AvgIpc) is 2.90. The zero-order chi connectivity index (χ0) is 14.6. The van der Waals surface area contributed by atoms with Gasteiger partial charge in [0.25, 0.3) is 5.92 Å². The lowest BCUT2D eigenvalue weighted by Gasteiger charge is -2.33. The summed E-state index contributed by atoms with van der Waals surface area (Å²) >= 11 is 0. The number of hydrogen-bond acceptors (Lipinski definition) is 2. The average molecular weight is 292 g/mol. The molecule has 1 aromatic rings. The minimum atomic E-state index is -4.41.